The first-order valence-electron chi connectivity index (χ1n) is 6.18. The molecule has 1 atom stereocenters. The molecule has 0 aromatic heterocycles. The molecule has 1 amide bonds. The van der Waals surface area contributed by atoms with Crippen molar-refractivity contribution in [3.05, 3.63) is 29.3 Å². The first kappa shape index (κ1) is 15.2. The normalized spacial score (nSPS) is 19.7. The number of halogens is 3. The van der Waals surface area contributed by atoms with Crippen molar-refractivity contribution < 1.29 is 18.0 Å². The summed E-state index contributed by atoms with van der Waals surface area (Å²) in [4.78, 5) is 11.9. The Morgan fingerprint density at radius 3 is 2.80 bits per heavy atom. The minimum atomic E-state index is -4.41. The summed E-state index contributed by atoms with van der Waals surface area (Å²) in [7, 11) is 0. The predicted molar refractivity (Wildman–Crippen MR) is 73.9 cm³/mol. The number of hydrogen-bond acceptors (Lipinski definition) is 3. The van der Waals surface area contributed by atoms with E-state index in [0.717, 1.165) is 18.4 Å². The third-order valence-corrected chi connectivity index (χ3v) is 4.11. The molecule has 1 aromatic carbocycles. The van der Waals surface area contributed by atoms with Gasteiger partial charge in [0.05, 0.1) is 11.6 Å². The van der Waals surface area contributed by atoms with Crippen molar-refractivity contribution in [2.75, 3.05) is 23.4 Å². The number of alkyl halides is 3. The fraction of sp³-hybridized carbons (Fsp3) is 0.462. The number of thioether (sulfide) groups is 1. The van der Waals surface area contributed by atoms with E-state index in [1.54, 1.807) is 11.8 Å². The molecule has 1 aromatic rings. The second-order valence-electron chi connectivity index (χ2n) is 4.60. The van der Waals surface area contributed by atoms with E-state index in [1.165, 1.54) is 19.1 Å². The molecule has 1 saturated heterocycles. The average Bonchev–Trinajstić information content (AvgIpc) is 2.40. The molecule has 2 N–H and O–H groups in total. The minimum absolute atomic E-state index is 0.141. The minimum Gasteiger partial charge on any atom is -0.325 e. The summed E-state index contributed by atoms with van der Waals surface area (Å²) in [6, 6.07) is 3.47. The van der Waals surface area contributed by atoms with Gasteiger partial charge in [-0.05, 0) is 24.6 Å². The number of benzene rings is 1. The first-order chi connectivity index (χ1) is 9.38. The van der Waals surface area contributed by atoms with Gasteiger partial charge in [0.15, 0.2) is 0 Å². The summed E-state index contributed by atoms with van der Waals surface area (Å²) in [6.45, 7) is 2.12. The molecular formula is C13H15F3N2OS. The molecule has 20 heavy (non-hydrogen) atoms. The standard InChI is InChI=1S/C13H15F3N2OS/c1-8-2-3-9(6-10(8)13(14,15)16)18-12(19)11-7-20-5-4-17-11/h2-3,6,11,17H,4-5,7H2,1H3,(H,18,19). The summed E-state index contributed by atoms with van der Waals surface area (Å²) in [6.07, 6.45) is -4.41. The highest BCUT2D eigenvalue weighted by Crippen LogP contribution is 2.33. The van der Waals surface area contributed by atoms with Crippen LogP contribution in [0, 0.1) is 6.92 Å². The van der Waals surface area contributed by atoms with Gasteiger partial charge in [-0.3, -0.25) is 4.79 Å². The van der Waals surface area contributed by atoms with Crippen LogP contribution in [0.1, 0.15) is 11.1 Å². The zero-order chi connectivity index (χ0) is 14.8. The van der Waals surface area contributed by atoms with Gasteiger partial charge in [-0.25, -0.2) is 0 Å². The maximum atomic E-state index is 12.8. The van der Waals surface area contributed by atoms with Crippen LogP contribution in [0.15, 0.2) is 18.2 Å². The number of rotatable bonds is 2. The van der Waals surface area contributed by atoms with Crippen molar-refractivity contribution >= 4 is 23.4 Å². The van der Waals surface area contributed by atoms with E-state index in [-0.39, 0.29) is 23.2 Å². The van der Waals surface area contributed by atoms with Crippen LogP contribution in [0.25, 0.3) is 0 Å². The quantitative estimate of drug-likeness (QED) is 0.882. The SMILES string of the molecule is Cc1ccc(NC(=O)C2CSCCN2)cc1C(F)(F)F. The Morgan fingerprint density at radius 2 is 2.20 bits per heavy atom. The van der Waals surface area contributed by atoms with Crippen molar-refractivity contribution in [3.8, 4) is 0 Å². The molecule has 3 nitrogen and oxygen atoms in total. The summed E-state index contributed by atoms with van der Waals surface area (Å²) in [5, 5.41) is 5.58. The zero-order valence-corrected chi connectivity index (χ0v) is 11.7. The topological polar surface area (TPSA) is 41.1 Å². The average molecular weight is 304 g/mol. The van der Waals surface area contributed by atoms with Crippen molar-refractivity contribution in [1.82, 2.24) is 5.32 Å². The van der Waals surface area contributed by atoms with Crippen LogP contribution in [-0.2, 0) is 11.0 Å². The van der Waals surface area contributed by atoms with Gasteiger partial charge in [0.25, 0.3) is 0 Å². The smallest absolute Gasteiger partial charge is 0.325 e. The van der Waals surface area contributed by atoms with E-state index < -0.39 is 11.7 Å². The molecule has 1 unspecified atom stereocenters. The van der Waals surface area contributed by atoms with Crippen LogP contribution in [-0.4, -0.2) is 30.0 Å². The van der Waals surface area contributed by atoms with E-state index in [0.29, 0.717) is 5.75 Å². The monoisotopic (exact) mass is 304 g/mol. The molecule has 1 fully saturated rings. The zero-order valence-electron chi connectivity index (χ0n) is 10.9. The molecule has 0 saturated carbocycles. The maximum absolute atomic E-state index is 12.8. The molecular weight excluding hydrogens is 289 g/mol. The number of hydrogen-bond donors (Lipinski definition) is 2. The van der Waals surface area contributed by atoms with E-state index in [1.807, 2.05) is 0 Å². The van der Waals surface area contributed by atoms with Crippen LogP contribution >= 0.6 is 11.8 Å². The molecule has 1 aliphatic heterocycles. The van der Waals surface area contributed by atoms with Gasteiger partial charge >= 0.3 is 6.18 Å². The van der Waals surface area contributed by atoms with Crippen LogP contribution in [0.5, 0.6) is 0 Å². The summed E-state index contributed by atoms with van der Waals surface area (Å²) < 4.78 is 38.4. The Kier molecular flexibility index (Phi) is 4.59. The fourth-order valence-corrected chi connectivity index (χ4v) is 2.90. The Morgan fingerprint density at radius 1 is 1.45 bits per heavy atom. The number of carbonyl (C=O) groups is 1. The summed E-state index contributed by atoms with van der Waals surface area (Å²) in [5.41, 5.74) is -0.409. The lowest BCUT2D eigenvalue weighted by Gasteiger charge is -2.22. The van der Waals surface area contributed by atoms with Crippen molar-refractivity contribution in [2.45, 2.75) is 19.1 Å². The second-order valence-corrected chi connectivity index (χ2v) is 5.75. The number of aryl methyl sites for hydroxylation is 1. The van der Waals surface area contributed by atoms with Gasteiger partial charge in [-0.15, -0.1) is 0 Å². The number of carbonyl (C=O) groups excluding carboxylic acids is 1. The van der Waals surface area contributed by atoms with Crippen LogP contribution in [0.3, 0.4) is 0 Å². The molecule has 0 bridgehead atoms. The summed E-state index contributed by atoms with van der Waals surface area (Å²) in [5.74, 6) is 1.27. The third-order valence-electron chi connectivity index (χ3n) is 3.05. The lowest BCUT2D eigenvalue weighted by atomic mass is 10.1. The molecule has 110 valence electrons. The predicted octanol–water partition coefficient (Wildman–Crippen LogP) is 2.66. The number of anilines is 1. The van der Waals surface area contributed by atoms with Crippen LogP contribution < -0.4 is 10.6 Å². The van der Waals surface area contributed by atoms with E-state index >= 15 is 0 Å². The van der Waals surface area contributed by atoms with Gasteiger partial charge in [-0.1, -0.05) is 6.07 Å². The van der Waals surface area contributed by atoms with Crippen LogP contribution in [0.4, 0.5) is 18.9 Å². The van der Waals surface area contributed by atoms with Crippen LogP contribution in [0.2, 0.25) is 0 Å². The van der Waals surface area contributed by atoms with E-state index in [9.17, 15) is 18.0 Å². The van der Waals surface area contributed by atoms with Crippen molar-refractivity contribution in [1.29, 1.82) is 0 Å². The molecule has 0 radical (unpaired) electrons. The number of nitrogens with one attached hydrogen (secondary N) is 2. The van der Waals surface area contributed by atoms with Gasteiger partial charge in [0, 0.05) is 23.7 Å². The largest absolute Gasteiger partial charge is 0.416 e. The number of amides is 1. The highest BCUT2D eigenvalue weighted by Gasteiger charge is 2.32. The van der Waals surface area contributed by atoms with E-state index in [4.69, 9.17) is 0 Å². The van der Waals surface area contributed by atoms with Gasteiger partial charge in [-0.2, -0.15) is 24.9 Å². The van der Waals surface area contributed by atoms with E-state index in [2.05, 4.69) is 10.6 Å². The lowest BCUT2D eigenvalue weighted by Crippen LogP contribution is -2.46. The molecule has 1 heterocycles. The van der Waals surface area contributed by atoms with Crippen molar-refractivity contribution in [2.24, 2.45) is 0 Å². The Labute approximate surface area is 119 Å². The lowest BCUT2D eigenvalue weighted by molar-refractivity contribution is -0.138. The highest BCUT2D eigenvalue weighted by molar-refractivity contribution is 7.99. The molecule has 2 rings (SSSR count). The fourth-order valence-electron chi connectivity index (χ4n) is 1.97. The molecule has 0 spiro atoms. The third kappa shape index (κ3) is 3.67. The van der Waals surface area contributed by atoms with Gasteiger partial charge < -0.3 is 10.6 Å². The Hall–Kier alpha value is -1.21. The highest BCUT2D eigenvalue weighted by atomic mass is 32.2. The second kappa shape index (κ2) is 6.05. The molecule has 1 aliphatic rings. The first-order valence-corrected chi connectivity index (χ1v) is 7.33. The van der Waals surface area contributed by atoms with Crippen molar-refractivity contribution in [3.63, 3.8) is 0 Å². The Bertz CT molecular complexity index is 499. The van der Waals surface area contributed by atoms with Gasteiger partial charge in [0.2, 0.25) is 5.91 Å². The summed E-state index contributed by atoms with van der Waals surface area (Å²) >= 11 is 1.65. The van der Waals surface area contributed by atoms with Gasteiger partial charge in [0.1, 0.15) is 0 Å². The molecule has 0 aliphatic carbocycles. The Balaban J connectivity index is 2.11. The maximum Gasteiger partial charge on any atom is 0.416 e. The molecule has 7 heteroatoms.